The number of anilines is 1. The van der Waals surface area contributed by atoms with Gasteiger partial charge in [-0.15, -0.1) is 0 Å². The van der Waals surface area contributed by atoms with Crippen molar-refractivity contribution in [3.63, 3.8) is 0 Å². The molecule has 8 heteroatoms. The van der Waals surface area contributed by atoms with Crippen LogP contribution in [0, 0.1) is 11.6 Å². The summed E-state index contributed by atoms with van der Waals surface area (Å²) in [6, 6.07) is 12.3. The van der Waals surface area contributed by atoms with E-state index in [1.807, 2.05) is 12.1 Å². The number of nitrogens with one attached hydrogen (secondary N) is 1. The van der Waals surface area contributed by atoms with Gasteiger partial charge in [0.15, 0.2) is 5.69 Å². The monoisotopic (exact) mass is 412 g/mol. The standard InChI is InChI=1S/C22H22F2N4O2/c23-17-6-4-16(5-7-17)13-27-8-10-28(11-9-27)14-21-26-20(15-30-21)22(29)25-19-3-1-2-18(24)12-19/h1-7,12,15H,8-11,13-14H2,(H,25,29). The molecule has 4 rings (SSSR count). The molecule has 0 bridgehead atoms. The molecule has 0 spiro atoms. The Labute approximate surface area is 173 Å². The molecule has 1 aliphatic heterocycles. The predicted octanol–water partition coefficient (Wildman–Crippen LogP) is 3.52. The Morgan fingerprint density at radius 1 is 0.967 bits per heavy atom. The van der Waals surface area contributed by atoms with E-state index in [1.54, 1.807) is 6.07 Å². The Hall–Kier alpha value is -3.10. The third kappa shape index (κ3) is 5.28. The SMILES string of the molecule is O=C(Nc1cccc(F)c1)c1coc(CN2CCN(Cc3ccc(F)cc3)CC2)n1. The average molecular weight is 412 g/mol. The van der Waals surface area contributed by atoms with Crippen molar-refractivity contribution in [1.29, 1.82) is 0 Å². The average Bonchev–Trinajstić information content (AvgIpc) is 3.20. The van der Waals surface area contributed by atoms with Crippen LogP contribution in [0.25, 0.3) is 0 Å². The maximum atomic E-state index is 13.2. The van der Waals surface area contributed by atoms with Crippen LogP contribution in [0.1, 0.15) is 21.9 Å². The first-order chi connectivity index (χ1) is 14.5. The molecule has 1 amide bonds. The molecular weight excluding hydrogens is 390 g/mol. The van der Waals surface area contributed by atoms with Crippen LogP contribution >= 0.6 is 0 Å². The molecule has 1 fully saturated rings. The zero-order chi connectivity index (χ0) is 20.9. The summed E-state index contributed by atoms with van der Waals surface area (Å²) in [5.41, 5.74) is 1.61. The van der Waals surface area contributed by atoms with Gasteiger partial charge in [-0.3, -0.25) is 14.6 Å². The van der Waals surface area contributed by atoms with Crippen molar-refractivity contribution in [1.82, 2.24) is 14.8 Å². The van der Waals surface area contributed by atoms with Crippen molar-refractivity contribution in [2.45, 2.75) is 13.1 Å². The second kappa shape index (κ2) is 9.15. The summed E-state index contributed by atoms with van der Waals surface area (Å²) >= 11 is 0. The summed E-state index contributed by atoms with van der Waals surface area (Å²) in [5, 5.41) is 2.60. The summed E-state index contributed by atoms with van der Waals surface area (Å²) in [6.45, 7) is 4.74. The minimum absolute atomic E-state index is 0.157. The van der Waals surface area contributed by atoms with Crippen LogP contribution < -0.4 is 5.32 Å². The van der Waals surface area contributed by atoms with Crippen LogP contribution in [-0.2, 0) is 13.1 Å². The van der Waals surface area contributed by atoms with Crippen LogP contribution in [0.3, 0.4) is 0 Å². The number of hydrogen-bond acceptors (Lipinski definition) is 5. The molecule has 0 atom stereocenters. The lowest BCUT2D eigenvalue weighted by Gasteiger charge is -2.34. The number of oxazole rings is 1. The van der Waals surface area contributed by atoms with E-state index in [0.29, 0.717) is 18.1 Å². The van der Waals surface area contributed by atoms with Gasteiger partial charge in [-0.05, 0) is 35.9 Å². The Morgan fingerprint density at radius 3 is 2.37 bits per heavy atom. The molecule has 0 radical (unpaired) electrons. The highest BCUT2D eigenvalue weighted by molar-refractivity contribution is 6.02. The maximum Gasteiger partial charge on any atom is 0.277 e. The molecule has 1 aromatic heterocycles. The number of benzene rings is 2. The molecule has 3 aromatic rings. The van der Waals surface area contributed by atoms with Crippen molar-refractivity contribution in [2.24, 2.45) is 0 Å². The van der Waals surface area contributed by atoms with Gasteiger partial charge < -0.3 is 9.73 Å². The normalized spacial score (nSPS) is 15.3. The van der Waals surface area contributed by atoms with E-state index in [-0.39, 0.29) is 11.5 Å². The van der Waals surface area contributed by atoms with Gasteiger partial charge in [0, 0.05) is 38.4 Å². The number of nitrogens with zero attached hydrogens (tertiary/aromatic N) is 3. The molecular formula is C22H22F2N4O2. The minimum Gasteiger partial charge on any atom is -0.447 e. The van der Waals surface area contributed by atoms with E-state index in [0.717, 1.165) is 38.3 Å². The highest BCUT2D eigenvalue weighted by Gasteiger charge is 2.20. The Kier molecular flexibility index (Phi) is 6.15. The highest BCUT2D eigenvalue weighted by atomic mass is 19.1. The Morgan fingerprint density at radius 2 is 1.67 bits per heavy atom. The van der Waals surface area contributed by atoms with Gasteiger partial charge in [0.1, 0.15) is 17.9 Å². The molecule has 1 aliphatic rings. The summed E-state index contributed by atoms with van der Waals surface area (Å²) in [6.07, 6.45) is 1.31. The minimum atomic E-state index is -0.445. The van der Waals surface area contributed by atoms with E-state index in [1.165, 1.54) is 36.6 Å². The number of halogens is 2. The molecule has 2 aromatic carbocycles. The second-order valence-corrected chi connectivity index (χ2v) is 7.27. The zero-order valence-electron chi connectivity index (χ0n) is 16.4. The molecule has 0 unspecified atom stereocenters. The zero-order valence-corrected chi connectivity index (χ0v) is 16.4. The van der Waals surface area contributed by atoms with Crippen molar-refractivity contribution in [3.05, 3.63) is 83.6 Å². The van der Waals surface area contributed by atoms with Crippen LogP contribution in [0.2, 0.25) is 0 Å². The number of rotatable bonds is 6. The van der Waals surface area contributed by atoms with E-state index in [4.69, 9.17) is 4.42 Å². The van der Waals surface area contributed by atoms with Crippen LogP contribution in [0.5, 0.6) is 0 Å². The molecule has 156 valence electrons. The number of carbonyl (C=O) groups excluding carboxylic acids is 1. The van der Waals surface area contributed by atoms with Crippen molar-refractivity contribution in [3.8, 4) is 0 Å². The fourth-order valence-electron chi connectivity index (χ4n) is 3.39. The molecule has 30 heavy (non-hydrogen) atoms. The highest BCUT2D eigenvalue weighted by Crippen LogP contribution is 2.14. The van der Waals surface area contributed by atoms with Gasteiger partial charge in [0.25, 0.3) is 5.91 Å². The van der Waals surface area contributed by atoms with E-state index >= 15 is 0 Å². The Balaban J connectivity index is 1.26. The van der Waals surface area contributed by atoms with Crippen LogP contribution in [0.15, 0.2) is 59.2 Å². The van der Waals surface area contributed by atoms with Gasteiger partial charge >= 0.3 is 0 Å². The predicted molar refractivity (Wildman–Crippen MR) is 108 cm³/mol. The van der Waals surface area contributed by atoms with E-state index in [2.05, 4.69) is 20.1 Å². The molecule has 0 aliphatic carbocycles. The van der Waals surface area contributed by atoms with Crippen molar-refractivity contribution < 1.29 is 18.0 Å². The van der Waals surface area contributed by atoms with Crippen LogP contribution in [-0.4, -0.2) is 46.9 Å². The quantitative estimate of drug-likeness (QED) is 0.671. The van der Waals surface area contributed by atoms with E-state index < -0.39 is 11.7 Å². The smallest absolute Gasteiger partial charge is 0.277 e. The van der Waals surface area contributed by atoms with E-state index in [9.17, 15) is 13.6 Å². The topological polar surface area (TPSA) is 61.6 Å². The number of piperazine rings is 1. The first-order valence-corrected chi connectivity index (χ1v) is 9.76. The lowest BCUT2D eigenvalue weighted by atomic mass is 10.2. The number of carbonyl (C=O) groups is 1. The van der Waals surface area contributed by atoms with Gasteiger partial charge in [0.2, 0.25) is 5.89 Å². The van der Waals surface area contributed by atoms with Gasteiger partial charge in [-0.1, -0.05) is 18.2 Å². The molecule has 1 N–H and O–H groups in total. The second-order valence-electron chi connectivity index (χ2n) is 7.27. The summed E-state index contributed by atoms with van der Waals surface area (Å²) in [4.78, 5) is 21.0. The number of aromatic nitrogens is 1. The fourth-order valence-corrected chi connectivity index (χ4v) is 3.39. The first kappa shape index (κ1) is 20.2. The maximum absolute atomic E-state index is 13.2. The summed E-state index contributed by atoms with van der Waals surface area (Å²) < 4.78 is 31.7. The fraction of sp³-hybridized carbons (Fsp3) is 0.273. The third-order valence-electron chi connectivity index (χ3n) is 5.01. The van der Waals surface area contributed by atoms with Crippen molar-refractivity contribution >= 4 is 11.6 Å². The number of hydrogen-bond donors (Lipinski definition) is 1. The summed E-state index contributed by atoms with van der Waals surface area (Å²) in [5.74, 6) is -0.628. The van der Waals surface area contributed by atoms with Gasteiger partial charge in [-0.2, -0.15) is 0 Å². The molecule has 2 heterocycles. The number of amides is 1. The largest absolute Gasteiger partial charge is 0.447 e. The van der Waals surface area contributed by atoms with Gasteiger partial charge in [0.05, 0.1) is 6.54 Å². The lowest BCUT2D eigenvalue weighted by Crippen LogP contribution is -2.45. The van der Waals surface area contributed by atoms with Gasteiger partial charge in [-0.25, -0.2) is 13.8 Å². The third-order valence-corrected chi connectivity index (χ3v) is 5.01. The summed E-state index contributed by atoms with van der Waals surface area (Å²) in [7, 11) is 0. The molecule has 6 nitrogen and oxygen atoms in total. The lowest BCUT2D eigenvalue weighted by molar-refractivity contribution is 0.102. The van der Waals surface area contributed by atoms with Crippen molar-refractivity contribution in [2.75, 3.05) is 31.5 Å². The Bertz CT molecular complexity index is 998. The first-order valence-electron chi connectivity index (χ1n) is 9.76. The molecule has 0 saturated carbocycles. The van der Waals surface area contributed by atoms with Crippen LogP contribution in [0.4, 0.5) is 14.5 Å². The molecule has 1 saturated heterocycles.